The predicted octanol–water partition coefficient (Wildman–Crippen LogP) is 2.65. The van der Waals surface area contributed by atoms with Gasteiger partial charge >= 0.3 is 0 Å². The number of piperazine rings is 1. The molecule has 2 rings (SSSR count). The summed E-state index contributed by atoms with van der Waals surface area (Å²) in [5.41, 5.74) is 0.685. The molecule has 1 aromatic rings. The quantitative estimate of drug-likeness (QED) is 0.794. The standard InChI is InChI=1S/C16H24F2N2O2S/c1-3-13-11-20(10-9-19(13)12-16(17)18)14-7-5-6-8-15(14)23(21,22)4-2/h5-8,13,16H,3-4,9-12H2,1-2H3/t13-/m0/s1. The van der Waals surface area contributed by atoms with Crippen LogP contribution in [0.3, 0.4) is 0 Å². The van der Waals surface area contributed by atoms with E-state index in [4.69, 9.17) is 0 Å². The highest BCUT2D eigenvalue weighted by atomic mass is 32.2. The van der Waals surface area contributed by atoms with Crippen LogP contribution in [0.2, 0.25) is 0 Å². The molecule has 0 N–H and O–H groups in total. The van der Waals surface area contributed by atoms with Gasteiger partial charge in [0.25, 0.3) is 6.43 Å². The van der Waals surface area contributed by atoms with Gasteiger partial charge in [0, 0.05) is 25.7 Å². The number of hydrogen-bond donors (Lipinski definition) is 0. The van der Waals surface area contributed by atoms with E-state index in [1.54, 1.807) is 30.0 Å². The van der Waals surface area contributed by atoms with Crippen LogP contribution in [0.5, 0.6) is 0 Å². The molecule has 1 heterocycles. The lowest BCUT2D eigenvalue weighted by Gasteiger charge is -2.42. The Bertz CT molecular complexity index is 622. The second kappa shape index (κ2) is 7.57. The number of anilines is 1. The van der Waals surface area contributed by atoms with E-state index in [9.17, 15) is 17.2 Å². The van der Waals surface area contributed by atoms with Crippen molar-refractivity contribution in [3.8, 4) is 0 Å². The third-order valence-electron chi connectivity index (χ3n) is 4.37. The van der Waals surface area contributed by atoms with Crippen molar-refractivity contribution in [2.45, 2.75) is 37.6 Å². The van der Waals surface area contributed by atoms with Gasteiger partial charge in [-0.15, -0.1) is 0 Å². The molecule has 1 aliphatic heterocycles. The SMILES string of the molecule is CC[C@H]1CN(c2ccccc2S(=O)(=O)CC)CCN1CC(F)F. The number of alkyl halides is 2. The van der Waals surface area contributed by atoms with Crippen LogP contribution in [0.4, 0.5) is 14.5 Å². The van der Waals surface area contributed by atoms with Gasteiger partial charge in [0.05, 0.1) is 22.9 Å². The van der Waals surface area contributed by atoms with Gasteiger partial charge < -0.3 is 4.90 Å². The lowest BCUT2D eigenvalue weighted by molar-refractivity contribution is 0.0587. The summed E-state index contributed by atoms with van der Waals surface area (Å²) in [6.07, 6.45) is -1.59. The van der Waals surface area contributed by atoms with Crippen molar-refractivity contribution < 1.29 is 17.2 Å². The second-order valence-electron chi connectivity index (χ2n) is 5.77. The van der Waals surface area contributed by atoms with Gasteiger partial charge in [0.1, 0.15) is 0 Å². The Kier molecular flexibility index (Phi) is 5.97. The van der Waals surface area contributed by atoms with Crippen LogP contribution in [0.25, 0.3) is 0 Å². The Labute approximate surface area is 137 Å². The van der Waals surface area contributed by atoms with Gasteiger partial charge in [-0.05, 0) is 18.6 Å². The maximum Gasteiger partial charge on any atom is 0.251 e. The van der Waals surface area contributed by atoms with Crippen molar-refractivity contribution in [2.24, 2.45) is 0 Å². The summed E-state index contributed by atoms with van der Waals surface area (Å²) in [6, 6.07) is 6.97. The fourth-order valence-corrected chi connectivity index (χ4v) is 4.17. The van der Waals surface area contributed by atoms with Crippen LogP contribution in [-0.4, -0.2) is 57.7 Å². The Hall–Kier alpha value is -1.21. The van der Waals surface area contributed by atoms with Crippen LogP contribution in [0.1, 0.15) is 20.3 Å². The topological polar surface area (TPSA) is 40.6 Å². The third kappa shape index (κ3) is 4.20. The Morgan fingerprint density at radius 3 is 2.52 bits per heavy atom. The zero-order valence-corrected chi connectivity index (χ0v) is 14.4. The van der Waals surface area contributed by atoms with Gasteiger partial charge in [-0.2, -0.15) is 0 Å². The lowest BCUT2D eigenvalue weighted by atomic mass is 10.1. The van der Waals surface area contributed by atoms with Crippen molar-refractivity contribution in [3.05, 3.63) is 24.3 Å². The third-order valence-corrected chi connectivity index (χ3v) is 6.14. The molecule has 0 saturated carbocycles. The average molecular weight is 346 g/mol. The largest absolute Gasteiger partial charge is 0.368 e. The molecule has 0 aromatic heterocycles. The molecule has 1 atom stereocenters. The number of halogens is 2. The molecule has 130 valence electrons. The van der Waals surface area contributed by atoms with Gasteiger partial charge in [0.15, 0.2) is 9.84 Å². The van der Waals surface area contributed by atoms with Crippen LogP contribution in [-0.2, 0) is 9.84 Å². The first kappa shape index (κ1) is 18.1. The molecule has 0 amide bonds. The fraction of sp³-hybridized carbons (Fsp3) is 0.625. The number of para-hydroxylation sites is 1. The van der Waals surface area contributed by atoms with Crippen molar-refractivity contribution in [2.75, 3.05) is 36.8 Å². The van der Waals surface area contributed by atoms with Crippen LogP contribution >= 0.6 is 0 Å². The maximum absolute atomic E-state index is 12.7. The van der Waals surface area contributed by atoms with Crippen LogP contribution in [0.15, 0.2) is 29.2 Å². The summed E-state index contributed by atoms with van der Waals surface area (Å²) >= 11 is 0. The van der Waals surface area contributed by atoms with Gasteiger partial charge in [-0.25, -0.2) is 17.2 Å². The van der Waals surface area contributed by atoms with E-state index in [-0.39, 0.29) is 18.3 Å². The molecule has 1 saturated heterocycles. The Morgan fingerprint density at radius 2 is 1.91 bits per heavy atom. The maximum atomic E-state index is 12.7. The monoisotopic (exact) mass is 346 g/mol. The zero-order valence-electron chi connectivity index (χ0n) is 13.6. The summed E-state index contributed by atoms with van der Waals surface area (Å²) in [5.74, 6) is 0.0482. The number of rotatable bonds is 6. The van der Waals surface area contributed by atoms with E-state index in [0.717, 1.165) is 6.42 Å². The Balaban J connectivity index is 2.25. The van der Waals surface area contributed by atoms with Crippen LogP contribution in [0, 0.1) is 0 Å². The van der Waals surface area contributed by atoms with E-state index in [0.29, 0.717) is 30.2 Å². The molecule has 0 aliphatic carbocycles. The minimum absolute atomic E-state index is 0.00939. The van der Waals surface area contributed by atoms with E-state index < -0.39 is 16.3 Å². The van der Waals surface area contributed by atoms with Gasteiger partial charge in [0.2, 0.25) is 0 Å². The molecule has 1 fully saturated rings. The highest BCUT2D eigenvalue weighted by Crippen LogP contribution is 2.28. The van der Waals surface area contributed by atoms with Crippen molar-refractivity contribution in [1.82, 2.24) is 4.90 Å². The zero-order chi connectivity index (χ0) is 17.0. The van der Waals surface area contributed by atoms with Gasteiger partial charge in [-0.1, -0.05) is 26.0 Å². The van der Waals surface area contributed by atoms with E-state index >= 15 is 0 Å². The molecule has 0 radical (unpaired) electrons. The molecule has 0 unspecified atom stereocenters. The molecular formula is C16H24F2N2O2S. The van der Waals surface area contributed by atoms with Crippen molar-refractivity contribution in [3.63, 3.8) is 0 Å². The number of hydrogen-bond acceptors (Lipinski definition) is 4. The summed E-state index contributed by atoms with van der Waals surface area (Å²) < 4.78 is 49.9. The molecule has 1 aliphatic rings. The second-order valence-corrected chi connectivity index (χ2v) is 8.01. The lowest BCUT2D eigenvalue weighted by Crippen LogP contribution is -2.54. The normalized spacial score (nSPS) is 20.2. The summed E-state index contributed by atoms with van der Waals surface area (Å²) in [6.45, 7) is 5.02. The van der Waals surface area contributed by atoms with Crippen molar-refractivity contribution in [1.29, 1.82) is 0 Å². The van der Waals surface area contributed by atoms with E-state index in [2.05, 4.69) is 0 Å². The molecule has 1 aromatic carbocycles. The van der Waals surface area contributed by atoms with Crippen molar-refractivity contribution >= 4 is 15.5 Å². The minimum Gasteiger partial charge on any atom is -0.368 e. The van der Waals surface area contributed by atoms with Gasteiger partial charge in [-0.3, -0.25) is 4.90 Å². The van der Waals surface area contributed by atoms with Crippen LogP contribution < -0.4 is 4.90 Å². The first-order chi connectivity index (χ1) is 10.9. The summed E-state index contributed by atoms with van der Waals surface area (Å²) in [7, 11) is -3.31. The molecular weight excluding hydrogens is 322 g/mol. The van der Waals surface area contributed by atoms with E-state index in [1.807, 2.05) is 17.9 Å². The molecule has 0 spiro atoms. The minimum atomic E-state index is -3.31. The number of sulfone groups is 1. The molecule has 4 nitrogen and oxygen atoms in total. The summed E-state index contributed by atoms with van der Waals surface area (Å²) in [4.78, 5) is 4.15. The molecule has 0 bridgehead atoms. The fourth-order valence-electron chi connectivity index (χ4n) is 3.05. The first-order valence-corrected chi connectivity index (χ1v) is 9.63. The average Bonchev–Trinajstić information content (AvgIpc) is 2.54. The smallest absolute Gasteiger partial charge is 0.251 e. The molecule has 7 heteroatoms. The number of nitrogens with zero attached hydrogens (tertiary/aromatic N) is 2. The highest BCUT2D eigenvalue weighted by Gasteiger charge is 2.30. The number of benzene rings is 1. The first-order valence-electron chi connectivity index (χ1n) is 7.98. The highest BCUT2D eigenvalue weighted by molar-refractivity contribution is 7.91. The molecule has 23 heavy (non-hydrogen) atoms. The summed E-state index contributed by atoms with van der Waals surface area (Å²) in [5, 5.41) is 0. The Morgan fingerprint density at radius 1 is 1.22 bits per heavy atom. The van der Waals surface area contributed by atoms with E-state index in [1.165, 1.54) is 0 Å². The predicted molar refractivity (Wildman–Crippen MR) is 88.0 cm³/mol.